The average Bonchev–Trinajstić information content (AvgIpc) is 3.34. The van der Waals surface area contributed by atoms with E-state index in [1.54, 1.807) is 11.1 Å². The summed E-state index contributed by atoms with van der Waals surface area (Å²) in [6.07, 6.45) is 4.80. The molecule has 0 aromatic heterocycles. The number of anilines is 1. The summed E-state index contributed by atoms with van der Waals surface area (Å²) in [5.41, 5.74) is 8.44. The van der Waals surface area contributed by atoms with Crippen molar-refractivity contribution in [3.63, 3.8) is 0 Å². The molecular weight excluding hydrogens is 450 g/mol. The van der Waals surface area contributed by atoms with Crippen LogP contribution in [-0.4, -0.2) is 65.4 Å². The Morgan fingerprint density at radius 3 is 2.47 bits per heavy atom. The molecule has 2 amide bonds. The number of aryl methyl sites for hydroxylation is 1. The fourth-order valence-electron chi connectivity index (χ4n) is 5.36. The van der Waals surface area contributed by atoms with Crippen LogP contribution in [0.4, 0.5) is 5.69 Å². The van der Waals surface area contributed by atoms with Crippen LogP contribution >= 0.6 is 0 Å². The first-order valence-corrected chi connectivity index (χ1v) is 13.1. The molecule has 7 heteroatoms. The molecule has 2 aromatic carbocycles. The van der Waals surface area contributed by atoms with E-state index in [1.165, 1.54) is 22.4 Å². The molecular formula is C29H37N5O2. The van der Waals surface area contributed by atoms with Crippen LogP contribution in [0, 0.1) is 6.92 Å². The Balaban J connectivity index is 1.11. The smallest absolute Gasteiger partial charge is 0.250 e. The molecule has 190 valence electrons. The molecule has 0 aliphatic carbocycles. The van der Waals surface area contributed by atoms with Crippen LogP contribution in [0.25, 0.3) is 0 Å². The molecule has 2 fully saturated rings. The molecule has 3 heterocycles. The molecule has 0 bridgehead atoms. The first-order valence-electron chi connectivity index (χ1n) is 13.1. The summed E-state index contributed by atoms with van der Waals surface area (Å²) < 4.78 is 0. The van der Waals surface area contributed by atoms with Crippen molar-refractivity contribution in [2.24, 2.45) is 0 Å². The van der Waals surface area contributed by atoms with Gasteiger partial charge in [-0.3, -0.25) is 9.59 Å². The highest BCUT2D eigenvalue weighted by Crippen LogP contribution is 2.31. The summed E-state index contributed by atoms with van der Waals surface area (Å²) in [6, 6.07) is 17.0. The number of hydrazine groups is 1. The molecule has 2 saturated heterocycles. The monoisotopic (exact) mass is 487 g/mol. The fraction of sp³-hybridized carbons (Fsp3) is 0.448. The Bertz CT molecular complexity index is 1120. The maximum atomic E-state index is 13.2. The number of amides is 2. The van der Waals surface area contributed by atoms with Gasteiger partial charge in [-0.05, 0) is 48.1 Å². The number of nitrogens with one attached hydrogen (secondary N) is 1. The van der Waals surface area contributed by atoms with Crippen LogP contribution in [0.15, 0.2) is 60.9 Å². The molecule has 3 aliphatic heterocycles. The van der Waals surface area contributed by atoms with E-state index in [0.29, 0.717) is 32.0 Å². The summed E-state index contributed by atoms with van der Waals surface area (Å²) >= 11 is 0. The van der Waals surface area contributed by atoms with Crippen molar-refractivity contribution in [3.05, 3.63) is 77.6 Å². The molecule has 0 spiro atoms. The number of benzene rings is 2. The van der Waals surface area contributed by atoms with E-state index in [-0.39, 0.29) is 23.9 Å². The number of hydrogen-bond donors (Lipinski definition) is 1. The van der Waals surface area contributed by atoms with Gasteiger partial charge in [0, 0.05) is 57.2 Å². The van der Waals surface area contributed by atoms with Gasteiger partial charge in [-0.1, -0.05) is 50.2 Å². The third-order valence-corrected chi connectivity index (χ3v) is 7.65. The zero-order valence-corrected chi connectivity index (χ0v) is 21.6. The van der Waals surface area contributed by atoms with Gasteiger partial charge in [0.2, 0.25) is 5.91 Å². The van der Waals surface area contributed by atoms with Gasteiger partial charge in [0.25, 0.3) is 5.91 Å². The number of nitrogens with zero attached hydrogens (tertiary/aromatic N) is 4. The first kappa shape index (κ1) is 24.4. The van der Waals surface area contributed by atoms with Crippen molar-refractivity contribution < 1.29 is 9.59 Å². The van der Waals surface area contributed by atoms with E-state index in [0.717, 1.165) is 19.5 Å². The van der Waals surface area contributed by atoms with Crippen molar-refractivity contribution >= 4 is 17.5 Å². The SMILES string of the molecule is Cc1cccc(N2CCN(C(=O)CCN3C=CN4NC(c5ccc(C(C)C)cc5)CC4C3=O)CC2)c1. The Morgan fingerprint density at radius 1 is 1.03 bits per heavy atom. The van der Waals surface area contributed by atoms with E-state index < -0.39 is 0 Å². The second kappa shape index (κ2) is 10.3. The van der Waals surface area contributed by atoms with Gasteiger partial charge in [0.05, 0.1) is 6.04 Å². The van der Waals surface area contributed by atoms with Crippen molar-refractivity contribution in [1.29, 1.82) is 0 Å². The van der Waals surface area contributed by atoms with Crippen LogP contribution < -0.4 is 10.3 Å². The van der Waals surface area contributed by atoms with Crippen LogP contribution in [-0.2, 0) is 9.59 Å². The number of carbonyl (C=O) groups is 2. The summed E-state index contributed by atoms with van der Waals surface area (Å²) in [5.74, 6) is 0.679. The first-order chi connectivity index (χ1) is 17.4. The molecule has 36 heavy (non-hydrogen) atoms. The molecule has 0 saturated carbocycles. The van der Waals surface area contributed by atoms with Gasteiger partial charge in [-0.25, -0.2) is 5.43 Å². The molecule has 2 aromatic rings. The maximum absolute atomic E-state index is 13.2. The van der Waals surface area contributed by atoms with Crippen molar-refractivity contribution in [2.45, 2.75) is 51.6 Å². The maximum Gasteiger partial charge on any atom is 0.250 e. The number of piperazine rings is 1. The van der Waals surface area contributed by atoms with Crippen LogP contribution in [0.3, 0.4) is 0 Å². The minimum absolute atomic E-state index is 0.0587. The highest BCUT2D eigenvalue weighted by atomic mass is 16.2. The van der Waals surface area contributed by atoms with Crippen molar-refractivity contribution in [2.75, 3.05) is 37.6 Å². The largest absolute Gasteiger partial charge is 0.368 e. The Kier molecular flexibility index (Phi) is 7.01. The third-order valence-electron chi connectivity index (χ3n) is 7.65. The Labute approximate surface area is 214 Å². The number of hydrogen-bond acceptors (Lipinski definition) is 5. The predicted octanol–water partition coefficient (Wildman–Crippen LogP) is 3.79. The highest BCUT2D eigenvalue weighted by molar-refractivity contribution is 5.85. The minimum atomic E-state index is -0.238. The standard InChI is InChI=1S/C29H37N5O2/c1-21(2)23-7-9-24(10-8-23)26-20-27-29(36)33(17-18-34(27)30-26)12-11-28(35)32-15-13-31(14-16-32)25-6-4-5-22(3)19-25/h4-10,17-19,21,26-27,30H,11-16,20H2,1-3H3. The van der Waals surface area contributed by atoms with Crippen LogP contribution in [0.5, 0.6) is 0 Å². The summed E-state index contributed by atoms with van der Waals surface area (Å²) in [4.78, 5) is 32.1. The lowest BCUT2D eigenvalue weighted by atomic mass is 9.97. The van der Waals surface area contributed by atoms with Gasteiger partial charge in [-0.15, -0.1) is 0 Å². The summed E-state index contributed by atoms with van der Waals surface area (Å²) in [7, 11) is 0. The summed E-state index contributed by atoms with van der Waals surface area (Å²) in [6.45, 7) is 10.0. The second-order valence-electron chi connectivity index (χ2n) is 10.4. The van der Waals surface area contributed by atoms with Gasteiger partial charge in [-0.2, -0.15) is 0 Å². The predicted molar refractivity (Wildman–Crippen MR) is 142 cm³/mol. The minimum Gasteiger partial charge on any atom is -0.368 e. The lowest BCUT2D eigenvalue weighted by molar-refractivity contribution is -0.136. The van der Waals surface area contributed by atoms with E-state index in [9.17, 15) is 9.59 Å². The zero-order valence-electron chi connectivity index (χ0n) is 21.6. The van der Waals surface area contributed by atoms with E-state index in [4.69, 9.17) is 0 Å². The van der Waals surface area contributed by atoms with Crippen molar-refractivity contribution in [1.82, 2.24) is 20.2 Å². The molecule has 1 N–H and O–H groups in total. The molecule has 3 aliphatic rings. The van der Waals surface area contributed by atoms with Gasteiger partial charge in [0.1, 0.15) is 6.04 Å². The van der Waals surface area contributed by atoms with Crippen molar-refractivity contribution in [3.8, 4) is 0 Å². The van der Waals surface area contributed by atoms with Gasteiger partial charge in [0.15, 0.2) is 0 Å². The molecule has 2 unspecified atom stereocenters. The second-order valence-corrected chi connectivity index (χ2v) is 10.4. The lowest BCUT2D eigenvalue weighted by Crippen LogP contribution is -2.50. The molecule has 2 atom stereocenters. The zero-order chi connectivity index (χ0) is 25.2. The van der Waals surface area contributed by atoms with E-state index in [2.05, 4.69) is 79.6 Å². The molecule has 0 radical (unpaired) electrons. The lowest BCUT2D eigenvalue weighted by Gasteiger charge is -2.37. The summed E-state index contributed by atoms with van der Waals surface area (Å²) in [5, 5.41) is 1.92. The Morgan fingerprint density at radius 2 is 1.78 bits per heavy atom. The van der Waals surface area contributed by atoms with E-state index >= 15 is 0 Å². The molecule has 5 rings (SSSR count). The quantitative estimate of drug-likeness (QED) is 0.672. The number of carbonyl (C=O) groups excluding carboxylic acids is 2. The number of rotatable bonds is 6. The fourth-order valence-corrected chi connectivity index (χ4v) is 5.36. The van der Waals surface area contributed by atoms with Gasteiger partial charge < -0.3 is 19.7 Å². The topological polar surface area (TPSA) is 59.1 Å². The number of fused-ring (bicyclic) bond motifs is 1. The van der Waals surface area contributed by atoms with Crippen LogP contribution in [0.2, 0.25) is 0 Å². The third kappa shape index (κ3) is 5.12. The highest BCUT2D eigenvalue weighted by Gasteiger charge is 2.40. The molecule has 7 nitrogen and oxygen atoms in total. The normalized spacial score (nSPS) is 21.9. The van der Waals surface area contributed by atoms with Crippen LogP contribution in [0.1, 0.15) is 55.3 Å². The van der Waals surface area contributed by atoms with E-state index in [1.807, 2.05) is 16.1 Å². The average molecular weight is 488 g/mol. The Hall–Kier alpha value is -3.32. The van der Waals surface area contributed by atoms with Gasteiger partial charge >= 0.3 is 0 Å².